The van der Waals surface area contributed by atoms with Gasteiger partial charge >= 0.3 is 0 Å². The maximum Gasteiger partial charge on any atom is 0.251 e. The number of nitrogens with zero attached hydrogens (tertiary/aromatic N) is 2. The number of para-hydroxylation sites is 2. The number of nitrogens with one attached hydrogen (secondary N) is 2. The average molecular weight is 398 g/mol. The molecule has 2 amide bonds. The van der Waals surface area contributed by atoms with Gasteiger partial charge in [-0.2, -0.15) is 0 Å². The summed E-state index contributed by atoms with van der Waals surface area (Å²) in [5, 5.41) is 5.48. The number of amides is 2. The molecule has 0 aliphatic rings. The molecule has 0 saturated heterocycles. The molecule has 6 nitrogen and oxygen atoms in total. The van der Waals surface area contributed by atoms with E-state index in [0.717, 1.165) is 22.2 Å². The van der Waals surface area contributed by atoms with E-state index >= 15 is 0 Å². The Morgan fingerprint density at radius 3 is 2.47 bits per heavy atom. The highest BCUT2D eigenvalue weighted by molar-refractivity contribution is 5.96. The Hall–Kier alpha value is -3.93. The number of fused-ring (bicyclic) bond motifs is 1. The Labute approximate surface area is 174 Å². The van der Waals surface area contributed by atoms with Gasteiger partial charge in [0.25, 0.3) is 5.91 Å². The van der Waals surface area contributed by atoms with Gasteiger partial charge < -0.3 is 15.2 Å². The van der Waals surface area contributed by atoms with E-state index in [4.69, 9.17) is 0 Å². The van der Waals surface area contributed by atoms with Crippen molar-refractivity contribution in [2.24, 2.45) is 0 Å². The molecule has 0 bridgehead atoms. The summed E-state index contributed by atoms with van der Waals surface area (Å²) in [5.74, 6) is -0.495. The van der Waals surface area contributed by atoms with Gasteiger partial charge in [0, 0.05) is 18.7 Å². The number of carbonyl (C=O) groups excluding carboxylic acids is 2. The SMILES string of the molecule is O=C(CNC(=O)c1ccccc1)NCc1cccc(Cn2cnc3ccccc32)c1. The summed E-state index contributed by atoms with van der Waals surface area (Å²) in [5.41, 5.74) is 4.72. The summed E-state index contributed by atoms with van der Waals surface area (Å²) < 4.78 is 2.10. The van der Waals surface area contributed by atoms with Crippen LogP contribution in [0, 0.1) is 0 Å². The Bertz CT molecular complexity index is 1170. The van der Waals surface area contributed by atoms with Crippen molar-refractivity contribution in [1.29, 1.82) is 0 Å². The minimum Gasteiger partial charge on any atom is -0.350 e. The lowest BCUT2D eigenvalue weighted by atomic mass is 10.1. The third-order valence-electron chi connectivity index (χ3n) is 4.81. The van der Waals surface area contributed by atoms with Crippen molar-refractivity contribution in [3.05, 3.63) is 102 Å². The molecular weight excluding hydrogens is 376 g/mol. The van der Waals surface area contributed by atoms with Crippen molar-refractivity contribution in [2.45, 2.75) is 13.1 Å². The summed E-state index contributed by atoms with van der Waals surface area (Å²) in [7, 11) is 0. The lowest BCUT2D eigenvalue weighted by molar-refractivity contribution is -0.120. The zero-order valence-corrected chi connectivity index (χ0v) is 16.4. The Morgan fingerprint density at radius 1 is 0.833 bits per heavy atom. The minimum atomic E-state index is -0.264. The van der Waals surface area contributed by atoms with E-state index < -0.39 is 0 Å². The third-order valence-corrected chi connectivity index (χ3v) is 4.81. The topological polar surface area (TPSA) is 76.0 Å². The number of carbonyl (C=O) groups is 2. The molecule has 0 aliphatic carbocycles. The first-order valence-electron chi connectivity index (χ1n) is 9.77. The molecule has 4 aromatic rings. The van der Waals surface area contributed by atoms with Gasteiger partial charge in [-0.1, -0.05) is 54.6 Å². The van der Waals surface area contributed by atoms with E-state index in [2.05, 4.69) is 38.4 Å². The average Bonchev–Trinajstić information content (AvgIpc) is 3.20. The van der Waals surface area contributed by atoms with Gasteiger partial charge in [0.2, 0.25) is 5.91 Å². The molecular formula is C24H22N4O2. The predicted octanol–water partition coefficient (Wildman–Crippen LogP) is 3.13. The summed E-state index contributed by atoms with van der Waals surface area (Å²) in [4.78, 5) is 28.5. The molecule has 3 aromatic carbocycles. The largest absolute Gasteiger partial charge is 0.350 e. The van der Waals surface area contributed by atoms with Crippen molar-refractivity contribution in [3.63, 3.8) is 0 Å². The van der Waals surface area contributed by atoms with Gasteiger partial charge in [0.15, 0.2) is 0 Å². The Morgan fingerprint density at radius 2 is 1.60 bits per heavy atom. The van der Waals surface area contributed by atoms with Crippen LogP contribution < -0.4 is 10.6 Å². The lowest BCUT2D eigenvalue weighted by Crippen LogP contribution is -2.36. The molecule has 4 rings (SSSR count). The van der Waals surface area contributed by atoms with Crippen LogP contribution in [0.1, 0.15) is 21.5 Å². The second-order valence-electron chi connectivity index (χ2n) is 7.01. The first-order chi connectivity index (χ1) is 14.7. The highest BCUT2D eigenvalue weighted by Gasteiger charge is 2.08. The zero-order chi connectivity index (χ0) is 20.8. The van der Waals surface area contributed by atoms with Crippen molar-refractivity contribution >= 4 is 22.8 Å². The fourth-order valence-electron chi connectivity index (χ4n) is 3.29. The molecule has 1 aromatic heterocycles. The lowest BCUT2D eigenvalue weighted by Gasteiger charge is -2.09. The Kier molecular flexibility index (Phi) is 5.85. The van der Waals surface area contributed by atoms with Crippen LogP contribution in [0.2, 0.25) is 0 Å². The van der Waals surface area contributed by atoms with Crippen LogP contribution in [0.3, 0.4) is 0 Å². The number of rotatable bonds is 7. The smallest absolute Gasteiger partial charge is 0.251 e. The zero-order valence-electron chi connectivity index (χ0n) is 16.4. The molecule has 150 valence electrons. The second kappa shape index (κ2) is 9.05. The highest BCUT2D eigenvalue weighted by Crippen LogP contribution is 2.15. The van der Waals surface area contributed by atoms with Gasteiger partial charge in [-0.3, -0.25) is 9.59 Å². The normalized spacial score (nSPS) is 10.7. The van der Waals surface area contributed by atoms with Gasteiger partial charge in [-0.25, -0.2) is 4.98 Å². The second-order valence-corrected chi connectivity index (χ2v) is 7.01. The van der Waals surface area contributed by atoms with Gasteiger partial charge in [-0.05, 0) is 35.4 Å². The summed E-state index contributed by atoms with van der Waals surface area (Å²) in [6, 6.07) is 24.9. The summed E-state index contributed by atoms with van der Waals surface area (Å²) in [6.07, 6.45) is 1.84. The molecule has 0 saturated carbocycles. The van der Waals surface area contributed by atoms with Crippen LogP contribution in [0.15, 0.2) is 85.2 Å². The third kappa shape index (κ3) is 4.72. The van der Waals surface area contributed by atoms with E-state index in [1.54, 1.807) is 24.3 Å². The number of imidazole rings is 1. The molecule has 0 unspecified atom stereocenters. The number of benzene rings is 3. The van der Waals surface area contributed by atoms with Crippen molar-refractivity contribution in [3.8, 4) is 0 Å². The maximum absolute atomic E-state index is 12.1. The molecule has 6 heteroatoms. The maximum atomic E-state index is 12.1. The van der Waals surface area contributed by atoms with Crippen LogP contribution in [0.25, 0.3) is 11.0 Å². The Balaban J connectivity index is 1.31. The molecule has 0 atom stereocenters. The van der Waals surface area contributed by atoms with E-state index in [1.807, 2.05) is 42.7 Å². The first kappa shape index (κ1) is 19.4. The predicted molar refractivity (Wildman–Crippen MR) is 116 cm³/mol. The molecule has 0 spiro atoms. The summed E-state index contributed by atoms with van der Waals surface area (Å²) in [6.45, 7) is 1.04. The van der Waals surface area contributed by atoms with E-state index in [9.17, 15) is 9.59 Å². The molecule has 30 heavy (non-hydrogen) atoms. The van der Waals surface area contributed by atoms with E-state index in [1.165, 1.54) is 0 Å². The molecule has 0 fully saturated rings. The monoisotopic (exact) mass is 398 g/mol. The van der Waals surface area contributed by atoms with Crippen LogP contribution in [-0.2, 0) is 17.9 Å². The number of aromatic nitrogens is 2. The summed E-state index contributed by atoms with van der Waals surface area (Å²) >= 11 is 0. The van der Waals surface area contributed by atoms with Crippen molar-refractivity contribution in [1.82, 2.24) is 20.2 Å². The van der Waals surface area contributed by atoms with Crippen LogP contribution >= 0.6 is 0 Å². The number of hydrogen-bond donors (Lipinski definition) is 2. The highest BCUT2D eigenvalue weighted by atomic mass is 16.2. The minimum absolute atomic E-state index is 0.0611. The molecule has 1 heterocycles. The van der Waals surface area contributed by atoms with Gasteiger partial charge in [0.1, 0.15) is 0 Å². The van der Waals surface area contributed by atoms with Crippen molar-refractivity contribution < 1.29 is 9.59 Å². The van der Waals surface area contributed by atoms with Crippen LogP contribution in [-0.4, -0.2) is 27.9 Å². The standard InChI is InChI=1S/C24H22N4O2/c29-23(15-26-24(30)20-9-2-1-3-10-20)25-14-18-7-6-8-19(13-18)16-28-17-27-21-11-4-5-12-22(21)28/h1-13,17H,14-16H2,(H,25,29)(H,26,30). The quantitative estimate of drug-likeness (QED) is 0.502. The van der Waals surface area contributed by atoms with Gasteiger partial charge in [0.05, 0.1) is 23.9 Å². The fourth-order valence-corrected chi connectivity index (χ4v) is 3.29. The van der Waals surface area contributed by atoms with Crippen molar-refractivity contribution in [2.75, 3.05) is 6.54 Å². The first-order valence-corrected chi connectivity index (χ1v) is 9.77. The molecule has 2 N–H and O–H groups in total. The number of hydrogen-bond acceptors (Lipinski definition) is 3. The van der Waals surface area contributed by atoms with Crippen LogP contribution in [0.5, 0.6) is 0 Å². The molecule has 0 radical (unpaired) electrons. The van der Waals surface area contributed by atoms with E-state index in [-0.39, 0.29) is 18.4 Å². The fraction of sp³-hybridized carbons (Fsp3) is 0.125. The molecule has 0 aliphatic heterocycles. The van der Waals surface area contributed by atoms with Crippen LogP contribution in [0.4, 0.5) is 0 Å². The van der Waals surface area contributed by atoms with E-state index in [0.29, 0.717) is 18.7 Å². The van der Waals surface area contributed by atoms with Gasteiger partial charge in [-0.15, -0.1) is 0 Å².